The highest BCUT2D eigenvalue weighted by Gasteiger charge is 2.17. The Morgan fingerprint density at radius 2 is 1.77 bits per heavy atom. The molecule has 0 bridgehead atoms. The van der Waals surface area contributed by atoms with Crippen molar-refractivity contribution in [3.05, 3.63) is 54.1 Å². The van der Waals surface area contributed by atoms with Crippen molar-refractivity contribution in [2.75, 3.05) is 51.3 Å². The number of benzene rings is 2. The molecule has 0 spiro atoms. The zero-order valence-electron chi connectivity index (χ0n) is 15.3. The predicted octanol–water partition coefficient (Wildman–Crippen LogP) is 3.10. The minimum Gasteiger partial charge on any atom is -0.493 e. The van der Waals surface area contributed by atoms with Crippen LogP contribution in [0.5, 0.6) is 11.5 Å². The lowest BCUT2D eigenvalue weighted by Gasteiger charge is -2.36. The highest BCUT2D eigenvalue weighted by atomic mass is 16.5. The molecule has 1 heterocycles. The first-order chi connectivity index (χ1) is 12.8. The second-order valence-corrected chi connectivity index (χ2v) is 6.36. The van der Waals surface area contributed by atoms with Gasteiger partial charge < -0.3 is 14.4 Å². The monoisotopic (exact) mass is 354 g/mol. The quantitative estimate of drug-likeness (QED) is 0.538. The van der Waals surface area contributed by atoms with Crippen LogP contribution in [-0.4, -0.2) is 57.6 Å². The molecule has 1 fully saturated rings. The van der Waals surface area contributed by atoms with Crippen molar-refractivity contribution in [1.82, 2.24) is 4.90 Å². The number of carbonyl (C=O) groups excluding carboxylic acids is 1. The molecule has 0 amide bonds. The number of methoxy groups -OCH3 is 1. The maximum Gasteiger partial charge on any atom is 0.171 e. The van der Waals surface area contributed by atoms with Crippen LogP contribution in [0.4, 0.5) is 5.69 Å². The van der Waals surface area contributed by atoms with Gasteiger partial charge in [-0.25, -0.2) is 0 Å². The van der Waals surface area contributed by atoms with E-state index in [1.807, 2.05) is 6.07 Å². The van der Waals surface area contributed by atoms with Crippen molar-refractivity contribution < 1.29 is 14.3 Å². The van der Waals surface area contributed by atoms with Crippen molar-refractivity contribution in [1.29, 1.82) is 0 Å². The Balaban J connectivity index is 1.42. The molecule has 0 saturated carbocycles. The number of hydrogen-bond acceptors (Lipinski definition) is 5. The number of para-hydroxylation sites is 2. The van der Waals surface area contributed by atoms with E-state index in [0.717, 1.165) is 45.4 Å². The number of hydrogen-bond donors (Lipinski definition) is 0. The molecule has 0 aromatic heterocycles. The van der Waals surface area contributed by atoms with E-state index < -0.39 is 0 Å². The Labute approximate surface area is 155 Å². The average molecular weight is 354 g/mol. The van der Waals surface area contributed by atoms with Gasteiger partial charge in [-0.2, -0.15) is 0 Å². The number of rotatable bonds is 8. The zero-order chi connectivity index (χ0) is 18.2. The third-order valence-electron chi connectivity index (χ3n) is 4.71. The molecule has 0 atom stereocenters. The molecule has 0 aliphatic carbocycles. The summed E-state index contributed by atoms with van der Waals surface area (Å²) in [6.07, 6.45) is 1.72. The van der Waals surface area contributed by atoms with E-state index in [0.29, 0.717) is 23.7 Å². The first kappa shape index (κ1) is 18.3. The van der Waals surface area contributed by atoms with Gasteiger partial charge in [0.25, 0.3) is 0 Å². The topological polar surface area (TPSA) is 42.0 Å². The van der Waals surface area contributed by atoms with Crippen molar-refractivity contribution in [2.24, 2.45) is 0 Å². The van der Waals surface area contributed by atoms with E-state index in [9.17, 15) is 4.79 Å². The molecule has 1 aliphatic heterocycles. The molecule has 5 nitrogen and oxygen atoms in total. The normalized spacial score (nSPS) is 14.9. The van der Waals surface area contributed by atoms with Gasteiger partial charge in [0, 0.05) is 38.4 Å². The van der Waals surface area contributed by atoms with E-state index in [2.05, 4.69) is 40.1 Å². The molecule has 0 N–H and O–H groups in total. The Morgan fingerprint density at radius 3 is 2.46 bits per heavy atom. The van der Waals surface area contributed by atoms with Crippen LogP contribution in [0.25, 0.3) is 0 Å². The highest BCUT2D eigenvalue weighted by molar-refractivity contribution is 5.81. The van der Waals surface area contributed by atoms with Crippen LogP contribution in [0.2, 0.25) is 0 Å². The van der Waals surface area contributed by atoms with Crippen LogP contribution >= 0.6 is 0 Å². The highest BCUT2D eigenvalue weighted by Crippen LogP contribution is 2.30. The fourth-order valence-electron chi connectivity index (χ4n) is 3.27. The van der Waals surface area contributed by atoms with Gasteiger partial charge in [-0.3, -0.25) is 9.69 Å². The van der Waals surface area contributed by atoms with Gasteiger partial charge in [-0.15, -0.1) is 0 Å². The van der Waals surface area contributed by atoms with Crippen molar-refractivity contribution in [3.8, 4) is 11.5 Å². The summed E-state index contributed by atoms with van der Waals surface area (Å²) in [7, 11) is 1.59. The van der Waals surface area contributed by atoms with E-state index >= 15 is 0 Å². The summed E-state index contributed by atoms with van der Waals surface area (Å²) in [4.78, 5) is 16.1. The third-order valence-corrected chi connectivity index (χ3v) is 4.71. The average Bonchev–Trinajstić information content (AvgIpc) is 2.72. The molecule has 0 unspecified atom stereocenters. The third kappa shape index (κ3) is 4.55. The van der Waals surface area contributed by atoms with Crippen LogP contribution < -0.4 is 14.4 Å². The van der Waals surface area contributed by atoms with Crippen LogP contribution in [0.1, 0.15) is 16.8 Å². The second kappa shape index (κ2) is 9.25. The molecule has 0 radical (unpaired) electrons. The van der Waals surface area contributed by atoms with Crippen LogP contribution in [-0.2, 0) is 0 Å². The molecule has 2 aromatic rings. The number of aldehydes is 1. The number of carbonyl (C=O) groups is 1. The maximum atomic E-state index is 11.2. The van der Waals surface area contributed by atoms with E-state index in [1.165, 1.54) is 5.69 Å². The molecule has 1 aliphatic rings. The Hall–Kier alpha value is -2.53. The summed E-state index contributed by atoms with van der Waals surface area (Å²) in [6, 6.07) is 15.9. The first-order valence-electron chi connectivity index (χ1n) is 9.09. The molecule has 5 heteroatoms. The van der Waals surface area contributed by atoms with Gasteiger partial charge in [0.1, 0.15) is 0 Å². The van der Waals surface area contributed by atoms with E-state index in [1.54, 1.807) is 19.2 Å². The largest absolute Gasteiger partial charge is 0.493 e. The molecule has 26 heavy (non-hydrogen) atoms. The van der Waals surface area contributed by atoms with Crippen molar-refractivity contribution in [2.45, 2.75) is 6.42 Å². The van der Waals surface area contributed by atoms with Crippen LogP contribution in [0, 0.1) is 0 Å². The van der Waals surface area contributed by atoms with Gasteiger partial charge in [-0.05, 0) is 30.7 Å². The van der Waals surface area contributed by atoms with Crippen LogP contribution in [0.3, 0.4) is 0 Å². The fourth-order valence-corrected chi connectivity index (χ4v) is 3.27. The van der Waals surface area contributed by atoms with Crippen LogP contribution in [0.15, 0.2) is 48.5 Å². The van der Waals surface area contributed by atoms with Crippen molar-refractivity contribution in [3.63, 3.8) is 0 Å². The number of ether oxygens (including phenoxy) is 2. The summed E-state index contributed by atoms with van der Waals surface area (Å²) >= 11 is 0. The van der Waals surface area contributed by atoms with Crippen molar-refractivity contribution >= 4 is 12.0 Å². The Kier molecular flexibility index (Phi) is 6.50. The lowest BCUT2D eigenvalue weighted by Crippen LogP contribution is -2.46. The van der Waals surface area contributed by atoms with Gasteiger partial charge in [0.2, 0.25) is 0 Å². The summed E-state index contributed by atoms with van der Waals surface area (Å²) in [5, 5.41) is 0. The maximum absolute atomic E-state index is 11.2. The Bertz CT molecular complexity index is 698. The van der Waals surface area contributed by atoms with E-state index in [4.69, 9.17) is 9.47 Å². The molecule has 2 aromatic carbocycles. The van der Waals surface area contributed by atoms with Gasteiger partial charge in [0.05, 0.1) is 19.3 Å². The minimum absolute atomic E-state index is 0.529. The van der Waals surface area contributed by atoms with Gasteiger partial charge in [-0.1, -0.05) is 24.3 Å². The first-order valence-corrected chi connectivity index (χ1v) is 9.09. The number of nitrogens with zero attached hydrogens (tertiary/aromatic N) is 2. The lowest BCUT2D eigenvalue weighted by atomic mass is 10.2. The number of anilines is 1. The zero-order valence-corrected chi connectivity index (χ0v) is 15.3. The molecule has 3 rings (SSSR count). The second-order valence-electron chi connectivity index (χ2n) is 6.36. The summed E-state index contributed by atoms with van der Waals surface area (Å²) in [6.45, 7) is 5.78. The molecular formula is C21H26N2O3. The number of piperazine rings is 1. The summed E-state index contributed by atoms with van der Waals surface area (Å²) < 4.78 is 11.1. The van der Waals surface area contributed by atoms with Gasteiger partial charge in [0.15, 0.2) is 17.8 Å². The SMILES string of the molecule is COc1cccc(C=O)c1OCCCN1CCN(c2ccccc2)CC1. The smallest absolute Gasteiger partial charge is 0.171 e. The lowest BCUT2D eigenvalue weighted by molar-refractivity contribution is 0.111. The minimum atomic E-state index is 0.529. The standard InChI is InChI=1S/C21H26N2O3/c1-25-20-10-5-7-18(17-24)21(20)26-16-6-11-22-12-14-23(15-13-22)19-8-3-2-4-9-19/h2-5,7-10,17H,6,11-16H2,1H3. The Morgan fingerprint density at radius 1 is 1.00 bits per heavy atom. The molecule has 138 valence electrons. The summed E-state index contributed by atoms with van der Waals surface area (Å²) in [5.41, 5.74) is 1.83. The van der Waals surface area contributed by atoms with Gasteiger partial charge >= 0.3 is 0 Å². The molecule has 1 saturated heterocycles. The molecular weight excluding hydrogens is 328 g/mol. The van der Waals surface area contributed by atoms with E-state index in [-0.39, 0.29) is 0 Å². The summed E-state index contributed by atoms with van der Waals surface area (Å²) in [5.74, 6) is 1.14. The fraction of sp³-hybridized carbons (Fsp3) is 0.381. The predicted molar refractivity (Wildman–Crippen MR) is 104 cm³/mol.